The van der Waals surface area contributed by atoms with Crippen LogP contribution in [0.25, 0.3) is 0 Å². The summed E-state index contributed by atoms with van der Waals surface area (Å²) in [7, 11) is -6.39. The first-order valence-corrected chi connectivity index (χ1v) is 10.9. The van der Waals surface area contributed by atoms with Gasteiger partial charge in [-0.1, -0.05) is 22.4 Å². The van der Waals surface area contributed by atoms with Gasteiger partial charge in [0.25, 0.3) is 0 Å². The maximum Gasteiger partial charge on any atom is 0.214 e. The molecule has 1 N–H and O–H groups in total. The van der Waals surface area contributed by atoms with Crippen LogP contribution < -0.4 is 4.72 Å². The Morgan fingerprint density at radius 2 is 1.74 bits per heavy atom. The van der Waals surface area contributed by atoms with Crippen LogP contribution in [0.2, 0.25) is 0 Å². The molecule has 0 spiro atoms. The lowest BCUT2D eigenvalue weighted by molar-refractivity contribution is 0.513. The summed E-state index contributed by atoms with van der Waals surface area (Å²) < 4.78 is 49.6. The van der Waals surface area contributed by atoms with E-state index in [1.165, 1.54) is 0 Å². The van der Waals surface area contributed by atoms with Crippen LogP contribution in [-0.2, 0) is 19.9 Å². The van der Waals surface area contributed by atoms with Crippen molar-refractivity contribution in [3.63, 3.8) is 0 Å². The van der Waals surface area contributed by atoms with Crippen LogP contribution in [0.3, 0.4) is 0 Å². The number of hydrogen-bond acceptors (Lipinski definition) is 4. The lowest BCUT2D eigenvalue weighted by atomic mass is 10.1. The molecule has 1 saturated heterocycles. The molecule has 2 atom stereocenters. The summed E-state index contributed by atoms with van der Waals surface area (Å²) in [4.78, 5) is 0.391. The van der Waals surface area contributed by atoms with E-state index in [2.05, 4.69) is 20.7 Å². The standard InChI is InChI=1S/C11H20BrNO4S2/c12-11-3-1-2-9(11)8-13-19(16,17)10-4-6-18(14,15)7-5-10/h9-11,13H,1-8H2. The van der Waals surface area contributed by atoms with Crippen LogP contribution in [0.1, 0.15) is 32.1 Å². The Morgan fingerprint density at radius 1 is 1.11 bits per heavy atom. The molecule has 8 heteroatoms. The molecule has 2 aliphatic rings. The molecular formula is C11H20BrNO4S2. The molecule has 5 nitrogen and oxygen atoms in total. The number of sulfone groups is 1. The van der Waals surface area contributed by atoms with E-state index in [4.69, 9.17) is 0 Å². The third-order valence-electron chi connectivity index (χ3n) is 4.05. The number of sulfonamides is 1. The number of halogens is 1. The second-order valence-corrected chi connectivity index (χ2v) is 11.0. The van der Waals surface area contributed by atoms with Crippen molar-refractivity contribution < 1.29 is 16.8 Å². The summed E-state index contributed by atoms with van der Waals surface area (Å²) in [5, 5.41) is -0.550. The summed E-state index contributed by atoms with van der Waals surface area (Å²) in [6.45, 7) is 0.460. The minimum atomic E-state index is -3.38. The largest absolute Gasteiger partial charge is 0.229 e. The van der Waals surface area contributed by atoms with Gasteiger partial charge in [0.05, 0.1) is 16.8 Å². The highest BCUT2D eigenvalue weighted by atomic mass is 79.9. The minimum Gasteiger partial charge on any atom is -0.229 e. The van der Waals surface area contributed by atoms with Crippen molar-refractivity contribution in [3.8, 4) is 0 Å². The summed E-state index contributed by atoms with van der Waals surface area (Å²) in [6, 6.07) is 0. The van der Waals surface area contributed by atoms with Gasteiger partial charge in [0.2, 0.25) is 10.0 Å². The van der Waals surface area contributed by atoms with E-state index in [-0.39, 0.29) is 24.3 Å². The third kappa shape index (κ3) is 4.15. The van der Waals surface area contributed by atoms with Gasteiger partial charge in [-0.25, -0.2) is 21.6 Å². The van der Waals surface area contributed by atoms with Gasteiger partial charge in [-0.3, -0.25) is 0 Å². The molecule has 1 heterocycles. The fraction of sp³-hybridized carbons (Fsp3) is 1.00. The molecule has 0 aromatic rings. The van der Waals surface area contributed by atoms with Crippen molar-refractivity contribution in [2.45, 2.75) is 42.2 Å². The Balaban J connectivity index is 1.88. The van der Waals surface area contributed by atoms with Crippen molar-refractivity contribution in [3.05, 3.63) is 0 Å². The van der Waals surface area contributed by atoms with Gasteiger partial charge in [0.1, 0.15) is 9.84 Å². The highest BCUT2D eigenvalue weighted by molar-refractivity contribution is 9.09. The first-order chi connectivity index (χ1) is 8.80. The molecule has 1 saturated carbocycles. The first-order valence-electron chi connectivity index (χ1n) is 6.63. The normalized spacial score (nSPS) is 32.5. The molecule has 0 bridgehead atoms. The molecule has 1 aliphatic heterocycles. The molecule has 0 aromatic carbocycles. The predicted octanol–water partition coefficient (Wildman–Crippen LogP) is 1.05. The van der Waals surface area contributed by atoms with Gasteiger partial charge in [-0.2, -0.15) is 0 Å². The SMILES string of the molecule is O=S1(=O)CCC(S(=O)(=O)NCC2CCCC2Br)CC1. The number of rotatable bonds is 4. The summed E-state index contributed by atoms with van der Waals surface area (Å²) in [5.74, 6) is 0.327. The van der Waals surface area contributed by atoms with Crippen LogP contribution in [0.15, 0.2) is 0 Å². The van der Waals surface area contributed by atoms with E-state index in [0.29, 0.717) is 17.3 Å². The maximum absolute atomic E-state index is 12.1. The van der Waals surface area contributed by atoms with E-state index in [1.54, 1.807) is 0 Å². The van der Waals surface area contributed by atoms with Gasteiger partial charge in [0.15, 0.2) is 0 Å². The van der Waals surface area contributed by atoms with E-state index >= 15 is 0 Å². The van der Waals surface area contributed by atoms with Crippen LogP contribution in [0.5, 0.6) is 0 Å². The Kier molecular flexibility index (Phi) is 4.96. The number of hydrogen-bond donors (Lipinski definition) is 1. The summed E-state index contributed by atoms with van der Waals surface area (Å²) in [6.07, 6.45) is 3.70. The van der Waals surface area contributed by atoms with Gasteiger partial charge < -0.3 is 0 Å². The van der Waals surface area contributed by atoms with Crippen LogP contribution in [-0.4, -0.2) is 45.0 Å². The molecule has 0 amide bonds. The molecule has 1 aliphatic carbocycles. The topological polar surface area (TPSA) is 80.3 Å². The fourth-order valence-corrected chi connectivity index (χ4v) is 6.84. The van der Waals surface area contributed by atoms with Crippen molar-refractivity contribution >= 4 is 35.8 Å². The second kappa shape index (κ2) is 5.99. The minimum absolute atomic E-state index is 0.0108. The van der Waals surface area contributed by atoms with Gasteiger partial charge in [0, 0.05) is 11.4 Å². The molecule has 19 heavy (non-hydrogen) atoms. The Bertz CT molecular complexity index is 503. The Hall–Kier alpha value is 0.340. The Morgan fingerprint density at radius 3 is 2.26 bits per heavy atom. The van der Waals surface area contributed by atoms with Crippen LogP contribution in [0, 0.1) is 5.92 Å². The zero-order valence-corrected chi connectivity index (χ0v) is 13.9. The molecule has 2 rings (SSSR count). The zero-order chi connectivity index (χ0) is 14.1. The van der Waals surface area contributed by atoms with Crippen LogP contribution in [0.4, 0.5) is 0 Å². The van der Waals surface area contributed by atoms with Crippen molar-refractivity contribution in [2.24, 2.45) is 5.92 Å². The van der Waals surface area contributed by atoms with Gasteiger partial charge in [-0.05, 0) is 31.6 Å². The number of alkyl halides is 1. The summed E-state index contributed by atoms with van der Waals surface area (Å²) >= 11 is 3.57. The quantitative estimate of drug-likeness (QED) is 0.746. The first kappa shape index (κ1) is 15.7. The van der Waals surface area contributed by atoms with E-state index in [0.717, 1.165) is 19.3 Å². The average Bonchev–Trinajstić information content (AvgIpc) is 2.72. The summed E-state index contributed by atoms with van der Waals surface area (Å²) in [5.41, 5.74) is 0. The van der Waals surface area contributed by atoms with Crippen molar-refractivity contribution in [1.82, 2.24) is 4.72 Å². The van der Waals surface area contributed by atoms with Crippen LogP contribution >= 0.6 is 15.9 Å². The number of nitrogens with one attached hydrogen (secondary N) is 1. The molecular weight excluding hydrogens is 354 g/mol. The second-order valence-electron chi connectivity index (χ2n) is 5.45. The fourth-order valence-electron chi connectivity index (χ4n) is 2.74. The van der Waals surface area contributed by atoms with Crippen molar-refractivity contribution in [2.75, 3.05) is 18.1 Å². The lowest BCUT2D eigenvalue weighted by Crippen LogP contribution is -2.41. The smallest absolute Gasteiger partial charge is 0.214 e. The molecule has 2 unspecified atom stereocenters. The van der Waals surface area contributed by atoms with Gasteiger partial charge in [-0.15, -0.1) is 0 Å². The van der Waals surface area contributed by atoms with Crippen molar-refractivity contribution in [1.29, 1.82) is 0 Å². The molecule has 112 valence electrons. The predicted molar refractivity (Wildman–Crippen MR) is 78.7 cm³/mol. The third-order valence-corrected chi connectivity index (χ3v) is 8.89. The van der Waals surface area contributed by atoms with E-state index < -0.39 is 25.1 Å². The maximum atomic E-state index is 12.1. The Labute approximate surface area is 123 Å². The average molecular weight is 374 g/mol. The zero-order valence-electron chi connectivity index (χ0n) is 10.7. The lowest BCUT2D eigenvalue weighted by Gasteiger charge is -2.23. The van der Waals surface area contributed by atoms with Gasteiger partial charge >= 0.3 is 0 Å². The van der Waals surface area contributed by atoms with E-state index in [1.807, 2.05) is 0 Å². The highest BCUT2D eigenvalue weighted by Gasteiger charge is 2.34. The molecule has 0 radical (unpaired) electrons. The highest BCUT2D eigenvalue weighted by Crippen LogP contribution is 2.31. The molecule has 0 aromatic heterocycles. The molecule has 2 fully saturated rings. The monoisotopic (exact) mass is 373 g/mol. The van der Waals surface area contributed by atoms with E-state index in [9.17, 15) is 16.8 Å².